The van der Waals surface area contributed by atoms with Crippen molar-refractivity contribution in [1.29, 1.82) is 0 Å². The number of hydrogen-bond acceptors (Lipinski definition) is 5. The van der Waals surface area contributed by atoms with E-state index in [1.807, 2.05) is 0 Å². The monoisotopic (exact) mass is 265 g/mol. The van der Waals surface area contributed by atoms with Gasteiger partial charge in [0.1, 0.15) is 6.10 Å². The van der Waals surface area contributed by atoms with Gasteiger partial charge in [0, 0.05) is 18.4 Å². The first-order chi connectivity index (χ1) is 9.28. The number of amides is 1. The number of hydrogen-bond donors (Lipinski definition) is 1. The highest BCUT2D eigenvalue weighted by molar-refractivity contribution is 5.67. The molecule has 1 aromatic heterocycles. The number of aromatic nitrogens is 2. The highest BCUT2D eigenvalue weighted by atomic mass is 16.5. The summed E-state index contributed by atoms with van der Waals surface area (Å²) in [7, 11) is 0. The second kappa shape index (κ2) is 6.92. The molecule has 1 saturated carbocycles. The van der Waals surface area contributed by atoms with Gasteiger partial charge in [-0.15, -0.1) is 0 Å². The standard InChI is InChI=1S/C13H19N3O3/c1-2-18-13(17)16-10-4-6-11(7-5-10)19-12-14-8-3-9-15-12/h3,8-11H,2,4-7H2,1H3,(H,16,17). The van der Waals surface area contributed by atoms with Gasteiger partial charge in [-0.2, -0.15) is 0 Å². The van der Waals surface area contributed by atoms with Gasteiger partial charge in [0.15, 0.2) is 0 Å². The summed E-state index contributed by atoms with van der Waals surface area (Å²) < 4.78 is 10.6. The predicted octanol–water partition coefficient (Wildman–Crippen LogP) is 1.91. The lowest BCUT2D eigenvalue weighted by Gasteiger charge is -2.28. The molecule has 1 amide bonds. The zero-order valence-corrected chi connectivity index (χ0v) is 11.0. The Hall–Kier alpha value is -1.85. The Morgan fingerprint density at radius 1 is 1.32 bits per heavy atom. The third-order valence-electron chi connectivity index (χ3n) is 3.09. The van der Waals surface area contributed by atoms with Gasteiger partial charge in [-0.3, -0.25) is 0 Å². The van der Waals surface area contributed by atoms with Gasteiger partial charge in [-0.25, -0.2) is 14.8 Å². The van der Waals surface area contributed by atoms with Crippen molar-refractivity contribution in [2.45, 2.75) is 44.8 Å². The Morgan fingerprint density at radius 3 is 2.63 bits per heavy atom. The summed E-state index contributed by atoms with van der Waals surface area (Å²) in [5, 5.41) is 2.86. The quantitative estimate of drug-likeness (QED) is 0.900. The third kappa shape index (κ3) is 4.39. The largest absolute Gasteiger partial charge is 0.460 e. The number of carbonyl (C=O) groups excluding carboxylic acids is 1. The molecule has 1 heterocycles. The van der Waals surface area contributed by atoms with Crippen LogP contribution in [-0.4, -0.2) is 34.8 Å². The van der Waals surface area contributed by atoms with Gasteiger partial charge in [0.05, 0.1) is 6.61 Å². The third-order valence-corrected chi connectivity index (χ3v) is 3.09. The molecule has 0 bridgehead atoms. The Bertz CT molecular complexity index is 391. The van der Waals surface area contributed by atoms with Gasteiger partial charge in [0.25, 0.3) is 0 Å². The molecule has 0 spiro atoms. The number of carbonyl (C=O) groups is 1. The second-order valence-corrected chi connectivity index (χ2v) is 4.49. The van der Waals surface area contributed by atoms with E-state index in [1.165, 1.54) is 0 Å². The average Bonchev–Trinajstić information content (AvgIpc) is 2.42. The highest BCUT2D eigenvalue weighted by Crippen LogP contribution is 2.22. The summed E-state index contributed by atoms with van der Waals surface area (Å²) >= 11 is 0. The van der Waals surface area contributed by atoms with Crippen LogP contribution in [0.4, 0.5) is 4.79 Å². The normalized spacial score (nSPS) is 22.6. The molecule has 6 heteroatoms. The average molecular weight is 265 g/mol. The van der Waals surface area contributed by atoms with Crippen LogP contribution in [0.15, 0.2) is 18.5 Å². The van der Waals surface area contributed by atoms with E-state index in [-0.39, 0.29) is 18.2 Å². The molecule has 2 rings (SSSR count). The number of nitrogens with zero attached hydrogens (tertiary/aromatic N) is 2. The summed E-state index contributed by atoms with van der Waals surface area (Å²) in [6.07, 6.45) is 6.66. The molecule has 1 aliphatic carbocycles. The molecule has 0 saturated heterocycles. The Morgan fingerprint density at radius 2 is 2.00 bits per heavy atom. The van der Waals surface area contributed by atoms with Crippen LogP contribution in [0.5, 0.6) is 6.01 Å². The minimum absolute atomic E-state index is 0.127. The van der Waals surface area contributed by atoms with Crippen molar-refractivity contribution in [2.24, 2.45) is 0 Å². The SMILES string of the molecule is CCOC(=O)NC1CCC(Oc2ncccn2)CC1. The van der Waals surface area contributed by atoms with Gasteiger partial charge < -0.3 is 14.8 Å². The van der Waals surface area contributed by atoms with Crippen LogP contribution in [0.3, 0.4) is 0 Å². The van der Waals surface area contributed by atoms with E-state index in [9.17, 15) is 4.79 Å². The molecule has 19 heavy (non-hydrogen) atoms. The van der Waals surface area contributed by atoms with E-state index in [0.717, 1.165) is 25.7 Å². The molecule has 104 valence electrons. The number of nitrogens with one attached hydrogen (secondary N) is 1. The van der Waals surface area contributed by atoms with Crippen LogP contribution in [0, 0.1) is 0 Å². The van der Waals surface area contributed by atoms with E-state index in [0.29, 0.717) is 12.6 Å². The Labute approximate surface area is 112 Å². The fourth-order valence-electron chi connectivity index (χ4n) is 2.16. The molecule has 0 atom stereocenters. The molecule has 1 aliphatic rings. The first-order valence-electron chi connectivity index (χ1n) is 6.65. The molecular weight excluding hydrogens is 246 g/mol. The number of rotatable bonds is 4. The fourth-order valence-corrected chi connectivity index (χ4v) is 2.16. The maximum absolute atomic E-state index is 11.3. The zero-order valence-electron chi connectivity index (χ0n) is 11.0. The van der Waals surface area contributed by atoms with Gasteiger partial charge in [-0.1, -0.05) is 0 Å². The van der Waals surface area contributed by atoms with E-state index in [2.05, 4.69) is 15.3 Å². The van der Waals surface area contributed by atoms with Crippen LogP contribution in [-0.2, 0) is 4.74 Å². The first-order valence-corrected chi connectivity index (χ1v) is 6.65. The van der Waals surface area contributed by atoms with E-state index < -0.39 is 0 Å². The van der Waals surface area contributed by atoms with Crippen LogP contribution in [0.1, 0.15) is 32.6 Å². The van der Waals surface area contributed by atoms with Crippen molar-refractivity contribution in [3.8, 4) is 6.01 Å². The maximum Gasteiger partial charge on any atom is 0.407 e. The minimum Gasteiger partial charge on any atom is -0.460 e. The lowest BCUT2D eigenvalue weighted by atomic mass is 9.93. The fraction of sp³-hybridized carbons (Fsp3) is 0.615. The smallest absolute Gasteiger partial charge is 0.407 e. The number of ether oxygens (including phenoxy) is 2. The molecule has 1 fully saturated rings. The zero-order chi connectivity index (χ0) is 13.5. The maximum atomic E-state index is 11.3. The minimum atomic E-state index is -0.335. The predicted molar refractivity (Wildman–Crippen MR) is 68.9 cm³/mol. The highest BCUT2D eigenvalue weighted by Gasteiger charge is 2.24. The molecule has 1 N–H and O–H groups in total. The molecule has 0 radical (unpaired) electrons. The molecule has 0 unspecified atom stereocenters. The summed E-state index contributed by atoms with van der Waals surface area (Å²) in [5.41, 5.74) is 0. The van der Waals surface area contributed by atoms with Crippen molar-refractivity contribution in [2.75, 3.05) is 6.61 Å². The molecular formula is C13H19N3O3. The van der Waals surface area contributed by atoms with Crippen molar-refractivity contribution in [3.63, 3.8) is 0 Å². The molecule has 1 aromatic rings. The Kier molecular flexibility index (Phi) is 4.94. The van der Waals surface area contributed by atoms with Crippen molar-refractivity contribution >= 4 is 6.09 Å². The molecule has 0 aliphatic heterocycles. The number of alkyl carbamates (subject to hydrolysis) is 1. The Balaban J connectivity index is 1.72. The van der Waals surface area contributed by atoms with E-state index in [1.54, 1.807) is 25.4 Å². The topological polar surface area (TPSA) is 73.3 Å². The summed E-state index contributed by atoms with van der Waals surface area (Å²) in [5.74, 6) is 0. The summed E-state index contributed by atoms with van der Waals surface area (Å²) in [6.45, 7) is 2.19. The van der Waals surface area contributed by atoms with Crippen molar-refractivity contribution in [1.82, 2.24) is 15.3 Å². The first kappa shape index (κ1) is 13.6. The lowest BCUT2D eigenvalue weighted by molar-refractivity contribution is 0.116. The van der Waals surface area contributed by atoms with Gasteiger partial charge >= 0.3 is 12.1 Å². The van der Waals surface area contributed by atoms with Crippen molar-refractivity contribution < 1.29 is 14.3 Å². The molecule has 0 aromatic carbocycles. The molecule has 6 nitrogen and oxygen atoms in total. The van der Waals surface area contributed by atoms with Gasteiger partial charge in [-0.05, 0) is 38.7 Å². The van der Waals surface area contributed by atoms with Gasteiger partial charge in [0.2, 0.25) is 0 Å². The van der Waals surface area contributed by atoms with Crippen LogP contribution in [0.25, 0.3) is 0 Å². The van der Waals surface area contributed by atoms with Crippen LogP contribution in [0.2, 0.25) is 0 Å². The van der Waals surface area contributed by atoms with Crippen LogP contribution < -0.4 is 10.1 Å². The second-order valence-electron chi connectivity index (χ2n) is 4.49. The summed E-state index contributed by atoms with van der Waals surface area (Å²) in [6, 6.07) is 2.35. The van der Waals surface area contributed by atoms with Crippen molar-refractivity contribution in [3.05, 3.63) is 18.5 Å². The van der Waals surface area contributed by atoms with Crippen LogP contribution >= 0.6 is 0 Å². The van der Waals surface area contributed by atoms with E-state index in [4.69, 9.17) is 9.47 Å². The lowest BCUT2D eigenvalue weighted by Crippen LogP contribution is -2.40. The summed E-state index contributed by atoms with van der Waals surface area (Å²) in [4.78, 5) is 19.4. The van der Waals surface area contributed by atoms with E-state index >= 15 is 0 Å².